The summed E-state index contributed by atoms with van der Waals surface area (Å²) < 4.78 is 5.30. The lowest BCUT2D eigenvalue weighted by Crippen LogP contribution is -2.53. The van der Waals surface area contributed by atoms with Crippen molar-refractivity contribution in [2.24, 2.45) is 46.3 Å². The van der Waals surface area contributed by atoms with Crippen LogP contribution in [0.15, 0.2) is 48.2 Å². The van der Waals surface area contributed by atoms with Gasteiger partial charge in [-0.3, -0.25) is 9.59 Å². The molecule has 0 saturated heterocycles. The summed E-state index contributed by atoms with van der Waals surface area (Å²) in [5.41, 5.74) is 2.86. The lowest BCUT2D eigenvalue weighted by Gasteiger charge is -2.61. The molecule has 6 rings (SSSR count). The minimum absolute atomic E-state index is 0.212. The van der Waals surface area contributed by atoms with Gasteiger partial charge in [-0.2, -0.15) is 4.90 Å². The highest BCUT2D eigenvalue weighted by Crippen LogP contribution is 2.68. The molecule has 5 nitrogen and oxygen atoms in total. The third-order valence-corrected chi connectivity index (χ3v) is 13.1. The first-order valence-corrected chi connectivity index (χ1v) is 17.2. The summed E-state index contributed by atoms with van der Waals surface area (Å²) in [5.74, 6) is 3.99. The van der Waals surface area contributed by atoms with Crippen molar-refractivity contribution < 1.29 is 19.1 Å². The molecule has 5 heteroatoms. The van der Waals surface area contributed by atoms with Gasteiger partial charge in [-0.05, 0) is 129 Å². The Labute approximate surface area is 258 Å². The van der Waals surface area contributed by atoms with E-state index in [1.54, 1.807) is 24.3 Å². The maximum absolute atomic E-state index is 12.8. The number of rotatable bonds is 7. The quantitative estimate of drug-likeness (QED) is 0.236. The van der Waals surface area contributed by atoms with E-state index in [9.17, 15) is 14.4 Å². The fourth-order valence-corrected chi connectivity index (χ4v) is 10.9. The van der Waals surface area contributed by atoms with E-state index in [2.05, 4.69) is 20.8 Å². The zero-order valence-electron chi connectivity index (χ0n) is 26.8. The average Bonchev–Trinajstić information content (AvgIpc) is 3.51. The second-order valence-electron chi connectivity index (χ2n) is 15.3. The van der Waals surface area contributed by atoms with Crippen LogP contribution in [0.2, 0.25) is 0 Å². The van der Waals surface area contributed by atoms with E-state index in [4.69, 9.17) is 4.74 Å². The van der Waals surface area contributed by atoms with Gasteiger partial charge in [0.25, 0.3) is 11.8 Å². The van der Waals surface area contributed by atoms with Crippen LogP contribution in [0.25, 0.3) is 5.57 Å². The lowest BCUT2D eigenvalue weighted by molar-refractivity contribution is -0.133. The molecular formula is C38H51NO4. The Morgan fingerprint density at radius 1 is 0.977 bits per heavy atom. The van der Waals surface area contributed by atoms with E-state index >= 15 is 0 Å². The van der Waals surface area contributed by atoms with Crippen LogP contribution >= 0.6 is 0 Å². The van der Waals surface area contributed by atoms with Gasteiger partial charge < -0.3 is 4.74 Å². The Kier molecular flexibility index (Phi) is 8.47. The largest absolute Gasteiger partial charge is 0.428 e. The van der Waals surface area contributed by atoms with Crippen molar-refractivity contribution in [3.63, 3.8) is 0 Å². The van der Waals surface area contributed by atoms with Gasteiger partial charge >= 0.3 is 6.09 Å². The van der Waals surface area contributed by atoms with Gasteiger partial charge in [-0.15, -0.1) is 0 Å². The Balaban J connectivity index is 0.994. The molecule has 0 spiro atoms. The Morgan fingerprint density at radius 3 is 2.53 bits per heavy atom. The molecule has 1 aliphatic heterocycles. The maximum Gasteiger partial charge on any atom is 0.428 e. The number of hydrogen-bond donors (Lipinski definition) is 0. The summed E-state index contributed by atoms with van der Waals surface area (Å²) in [6.45, 7) is 9.76. The molecule has 0 aromatic heterocycles. The zero-order valence-corrected chi connectivity index (χ0v) is 26.8. The summed E-state index contributed by atoms with van der Waals surface area (Å²) in [6, 6.07) is 8.91. The molecule has 1 aromatic carbocycles. The lowest BCUT2D eigenvalue weighted by atomic mass is 9.44. The molecule has 2 unspecified atom stereocenters. The third-order valence-electron chi connectivity index (χ3n) is 13.1. The SMILES string of the molecule is CC(=COC(=O)N1C(=O)C=C(c2ccccc2)C1=O)CCCC(C)[C@H]1CC[C@H]2[C@@H]3CCC4CCCC[C@]4(C)[C@H]3CC[C@]12C. The molecule has 0 N–H and O–H groups in total. The summed E-state index contributed by atoms with van der Waals surface area (Å²) in [6.07, 6.45) is 19.2. The summed E-state index contributed by atoms with van der Waals surface area (Å²) in [5, 5.41) is 0. The molecule has 4 saturated carbocycles. The molecule has 8 atom stereocenters. The van der Waals surface area contributed by atoms with Crippen molar-refractivity contribution in [3.8, 4) is 0 Å². The normalized spacial score (nSPS) is 36.5. The van der Waals surface area contributed by atoms with Crippen molar-refractivity contribution in [2.75, 3.05) is 0 Å². The first-order valence-electron chi connectivity index (χ1n) is 17.2. The molecule has 5 aliphatic rings. The summed E-state index contributed by atoms with van der Waals surface area (Å²) in [7, 11) is 0. The number of benzene rings is 1. The van der Waals surface area contributed by atoms with Crippen LogP contribution in [0.3, 0.4) is 0 Å². The molecule has 1 aromatic rings. The average molecular weight is 586 g/mol. The zero-order chi connectivity index (χ0) is 30.4. The van der Waals surface area contributed by atoms with Gasteiger partial charge in [0, 0.05) is 6.08 Å². The predicted octanol–water partition coefficient (Wildman–Crippen LogP) is 9.33. The van der Waals surface area contributed by atoms with Gasteiger partial charge in [-0.1, -0.05) is 70.4 Å². The van der Waals surface area contributed by atoms with E-state index in [1.165, 1.54) is 83.0 Å². The number of amides is 3. The smallest absolute Gasteiger partial charge is 0.418 e. The summed E-state index contributed by atoms with van der Waals surface area (Å²) >= 11 is 0. The highest BCUT2D eigenvalue weighted by Gasteiger charge is 2.60. The van der Waals surface area contributed by atoms with Crippen LogP contribution in [-0.2, 0) is 14.3 Å². The number of fused-ring (bicyclic) bond motifs is 5. The Bertz CT molecular complexity index is 1300. The minimum atomic E-state index is -0.943. The van der Waals surface area contributed by atoms with Gasteiger partial charge in [0.1, 0.15) is 0 Å². The molecule has 4 aliphatic carbocycles. The highest BCUT2D eigenvalue weighted by atomic mass is 16.5. The molecule has 4 fully saturated rings. The number of nitrogens with zero attached hydrogens (tertiary/aromatic N) is 1. The monoisotopic (exact) mass is 585 g/mol. The molecule has 3 amide bonds. The second-order valence-corrected chi connectivity index (χ2v) is 15.3. The van der Waals surface area contributed by atoms with E-state index in [1.807, 2.05) is 13.0 Å². The molecule has 232 valence electrons. The number of ether oxygens (including phenoxy) is 1. The van der Waals surface area contributed by atoms with Crippen molar-refractivity contribution in [3.05, 3.63) is 53.8 Å². The fraction of sp³-hybridized carbons (Fsp3) is 0.658. The number of carbonyl (C=O) groups is 3. The van der Waals surface area contributed by atoms with Crippen LogP contribution in [0, 0.1) is 46.3 Å². The van der Waals surface area contributed by atoms with E-state index in [0.717, 1.165) is 48.0 Å². The van der Waals surface area contributed by atoms with Gasteiger partial charge in [-0.25, -0.2) is 4.79 Å². The topological polar surface area (TPSA) is 63.7 Å². The van der Waals surface area contributed by atoms with E-state index < -0.39 is 17.9 Å². The second kappa shape index (κ2) is 12.0. The van der Waals surface area contributed by atoms with E-state index in [0.29, 0.717) is 27.2 Å². The van der Waals surface area contributed by atoms with Gasteiger partial charge in [0.15, 0.2) is 0 Å². The van der Waals surface area contributed by atoms with Crippen LogP contribution < -0.4 is 0 Å². The van der Waals surface area contributed by atoms with Crippen molar-refractivity contribution in [1.29, 1.82) is 0 Å². The highest BCUT2D eigenvalue weighted by molar-refractivity contribution is 6.37. The number of allylic oxidation sites excluding steroid dienone is 1. The standard InChI is InChI=1S/C38H51NO4/c1-25(24-43-36(42)39-34(40)23-30(35(39)41)27-13-6-5-7-14-27)11-10-12-26(2)31-18-19-32-29-17-16-28-15-8-9-21-37(28,3)33(29)20-22-38(31,32)4/h5-7,13-14,23-24,26,28-29,31-33H,8-12,15-22H2,1-4H3/t26?,28?,29-,31+,32-,33-,37-,38+/m0/s1. The molecular weight excluding hydrogens is 534 g/mol. The predicted molar refractivity (Wildman–Crippen MR) is 169 cm³/mol. The summed E-state index contributed by atoms with van der Waals surface area (Å²) in [4.78, 5) is 38.4. The molecule has 0 bridgehead atoms. The Hall–Kier alpha value is -2.69. The van der Waals surface area contributed by atoms with Crippen LogP contribution in [0.5, 0.6) is 0 Å². The maximum atomic E-state index is 12.8. The third kappa shape index (κ3) is 5.44. The van der Waals surface area contributed by atoms with Crippen molar-refractivity contribution in [1.82, 2.24) is 4.90 Å². The van der Waals surface area contributed by atoms with Crippen LogP contribution in [0.1, 0.15) is 117 Å². The number of carbonyl (C=O) groups excluding carboxylic acids is 3. The van der Waals surface area contributed by atoms with Crippen LogP contribution in [-0.4, -0.2) is 22.8 Å². The first-order chi connectivity index (χ1) is 20.6. The Morgan fingerprint density at radius 2 is 1.74 bits per heavy atom. The van der Waals surface area contributed by atoms with Gasteiger partial charge in [0.2, 0.25) is 0 Å². The fourth-order valence-electron chi connectivity index (χ4n) is 10.9. The first kappa shape index (κ1) is 30.3. The van der Waals surface area contributed by atoms with E-state index in [-0.39, 0.29) is 5.57 Å². The molecule has 1 heterocycles. The molecule has 0 radical (unpaired) electrons. The van der Waals surface area contributed by atoms with Crippen LogP contribution in [0.4, 0.5) is 4.79 Å². The van der Waals surface area contributed by atoms with Crippen molar-refractivity contribution in [2.45, 2.75) is 111 Å². The van der Waals surface area contributed by atoms with Gasteiger partial charge in [0.05, 0.1) is 11.8 Å². The minimum Gasteiger partial charge on any atom is -0.418 e. The number of hydrogen-bond acceptors (Lipinski definition) is 4. The van der Waals surface area contributed by atoms with Crippen molar-refractivity contribution >= 4 is 23.5 Å². The number of imide groups is 3. The molecule has 43 heavy (non-hydrogen) atoms.